The lowest BCUT2D eigenvalue weighted by molar-refractivity contribution is -0.906. The number of ether oxygens (including phenoxy) is 2. The fourth-order valence-electron chi connectivity index (χ4n) is 2.62. The minimum absolute atomic E-state index is 0.0666. The molecule has 0 atom stereocenters. The molecule has 0 bridgehead atoms. The SMILES string of the molecule is CCNC(=O)c1cc(OCc2ccccc2)c(OCc2ccccc2)c[n+]1O. The lowest BCUT2D eigenvalue weighted by Gasteiger charge is -2.12. The molecule has 0 radical (unpaired) electrons. The molecule has 2 aromatic carbocycles. The summed E-state index contributed by atoms with van der Waals surface area (Å²) in [6.45, 7) is 2.88. The number of carbonyl (C=O) groups is 1. The second-order valence-electron chi connectivity index (χ2n) is 6.14. The van der Waals surface area contributed by atoms with Crippen LogP contribution in [-0.4, -0.2) is 17.7 Å². The van der Waals surface area contributed by atoms with E-state index in [-0.39, 0.29) is 5.69 Å². The molecule has 0 saturated heterocycles. The number of hydrogen-bond acceptors (Lipinski definition) is 4. The monoisotopic (exact) mass is 379 g/mol. The van der Waals surface area contributed by atoms with Gasteiger partial charge in [0.2, 0.25) is 5.75 Å². The Morgan fingerprint density at radius 2 is 1.46 bits per heavy atom. The zero-order valence-corrected chi connectivity index (χ0v) is 15.7. The third-order valence-corrected chi connectivity index (χ3v) is 4.04. The van der Waals surface area contributed by atoms with Crippen molar-refractivity contribution in [1.82, 2.24) is 5.32 Å². The Kier molecular flexibility index (Phi) is 6.46. The Hall–Kier alpha value is -3.54. The van der Waals surface area contributed by atoms with Crippen LogP contribution in [-0.2, 0) is 13.2 Å². The van der Waals surface area contributed by atoms with Gasteiger partial charge in [-0.05, 0) is 18.1 Å². The smallest absolute Gasteiger partial charge is 0.325 e. The molecule has 1 amide bonds. The molecule has 0 spiro atoms. The van der Waals surface area contributed by atoms with Crippen molar-refractivity contribution in [1.29, 1.82) is 0 Å². The van der Waals surface area contributed by atoms with Gasteiger partial charge in [0.05, 0.1) is 6.07 Å². The van der Waals surface area contributed by atoms with Crippen LogP contribution in [0.4, 0.5) is 0 Å². The van der Waals surface area contributed by atoms with Crippen molar-refractivity contribution < 1.29 is 24.2 Å². The first-order chi connectivity index (χ1) is 13.7. The number of benzene rings is 2. The minimum Gasteiger partial charge on any atom is -0.484 e. The number of pyridine rings is 1. The number of nitrogens with one attached hydrogen (secondary N) is 1. The predicted molar refractivity (Wildman–Crippen MR) is 103 cm³/mol. The third-order valence-electron chi connectivity index (χ3n) is 4.04. The molecule has 0 aliphatic rings. The van der Waals surface area contributed by atoms with Crippen molar-refractivity contribution in [3.63, 3.8) is 0 Å². The summed E-state index contributed by atoms with van der Waals surface area (Å²) in [6, 6.07) is 20.8. The molecule has 6 nitrogen and oxygen atoms in total. The van der Waals surface area contributed by atoms with Gasteiger partial charge in [0, 0.05) is 11.3 Å². The van der Waals surface area contributed by atoms with E-state index in [1.807, 2.05) is 67.6 Å². The molecule has 3 aromatic rings. The summed E-state index contributed by atoms with van der Waals surface area (Å²) in [6.07, 6.45) is 1.34. The first-order valence-corrected chi connectivity index (χ1v) is 9.08. The number of carbonyl (C=O) groups excluding carboxylic acids is 1. The summed E-state index contributed by atoms with van der Waals surface area (Å²) in [5.41, 5.74) is 2.03. The van der Waals surface area contributed by atoms with Crippen LogP contribution in [0.5, 0.6) is 11.5 Å². The van der Waals surface area contributed by atoms with Gasteiger partial charge in [-0.1, -0.05) is 60.7 Å². The molecule has 0 aliphatic heterocycles. The van der Waals surface area contributed by atoms with Crippen LogP contribution in [0.2, 0.25) is 0 Å². The summed E-state index contributed by atoms with van der Waals surface area (Å²) >= 11 is 0. The minimum atomic E-state index is -0.399. The maximum Gasteiger partial charge on any atom is 0.325 e. The van der Waals surface area contributed by atoms with E-state index >= 15 is 0 Å². The van der Waals surface area contributed by atoms with Crippen LogP contribution >= 0.6 is 0 Å². The van der Waals surface area contributed by atoms with E-state index in [0.717, 1.165) is 15.9 Å². The van der Waals surface area contributed by atoms with E-state index in [1.54, 1.807) is 0 Å². The van der Waals surface area contributed by atoms with Crippen molar-refractivity contribution in [3.8, 4) is 11.5 Å². The van der Waals surface area contributed by atoms with E-state index in [4.69, 9.17) is 9.47 Å². The zero-order valence-electron chi connectivity index (χ0n) is 15.7. The van der Waals surface area contributed by atoms with Gasteiger partial charge < -0.3 is 14.8 Å². The van der Waals surface area contributed by atoms with Crippen molar-refractivity contribution in [2.75, 3.05) is 6.54 Å². The fourth-order valence-corrected chi connectivity index (χ4v) is 2.62. The van der Waals surface area contributed by atoms with Gasteiger partial charge in [0.1, 0.15) is 13.2 Å². The molecule has 2 N–H and O–H groups in total. The first-order valence-electron chi connectivity index (χ1n) is 9.08. The molecule has 1 heterocycles. The van der Waals surface area contributed by atoms with E-state index in [9.17, 15) is 10.0 Å². The summed E-state index contributed by atoms with van der Waals surface area (Å²) in [5.74, 6) is 0.325. The molecule has 0 aliphatic carbocycles. The van der Waals surface area contributed by atoms with Crippen molar-refractivity contribution >= 4 is 5.91 Å². The molecule has 3 rings (SSSR count). The van der Waals surface area contributed by atoms with Crippen molar-refractivity contribution in [3.05, 3.63) is 89.7 Å². The highest BCUT2D eigenvalue weighted by Gasteiger charge is 2.25. The van der Waals surface area contributed by atoms with Crippen molar-refractivity contribution in [2.45, 2.75) is 20.1 Å². The highest BCUT2D eigenvalue weighted by atomic mass is 16.5. The molecule has 0 unspecified atom stereocenters. The molecular weight excluding hydrogens is 356 g/mol. The highest BCUT2D eigenvalue weighted by Crippen LogP contribution is 2.28. The van der Waals surface area contributed by atoms with Crippen LogP contribution < -0.4 is 19.5 Å². The van der Waals surface area contributed by atoms with Gasteiger partial charge in [-0.3, -0.25) is 10.0 Å². The lowest BCUT2D eigenvalue weighted by atomic mass is 10.2. The topological polar surface area (TPSA) is 71.7 Å². The lowest BCUT2D eigenvalue weighted by Crippen LogP contribution is -2.41. The number of rotatable bonds is 8. The van der Waals surface area contributed by atoms with Gasteiger partial charge in [-0.2, -0.15) is 0 Å². The summed E-state index contributed by atoms with van der Waals surface area (Å²) in [4.78, 5) is 12.2. The van der Waals surface area contributed by atoms with Gasteiger partial charge in [0.15, 0.2) is 5.75 Å². The number of hydrogen-bond donors (Lipinski definition) is 2. The first kappa shape index (κ1) is 19.2. The Labute approximate surface area is 163 Å². The van der Waals surface area contributed by atoms with Crippen LogP contribution in [0, 0.1) is 0 Å². The zero-order chi connectivity index (χ0) is 19.8. The Balaban J connectivity index is 1.84. The predicted octanol–water partition coefficient (Wildman–Crippen LogP) is 3.12. The Morgan fingerprint density at radius 3 is 2.00 bits per heavy atom. The summed E-state index contributed by atoms with van der Waals surface area (Å²) in [5, 5.41) is 12.9. The van der Waals surface area contributed by atoms with Gasteiger partial charge >= 0.3 is 11.6 Å². The average Bonchev–Trinajstić information content (AvgIpc) is 2.73. The van der Waals surface area contributed by atoms with Gasteiger partial charge in [-0.15, -0.1) is 0 Å². The molecule has 28 heavy (non-hydrogen) atoms. The molecule has 6 heteroatoms. The number of aromatic nitrogens is 1. The highest BCUT2D eigenvalue weighted by molar-refractivity contribution is 5.91. The number of amides is 1. The molecule has 0 fully saturated rings. The quantitative estimate of drug-likeness (QED) is 0.466. The van der Waals surface area contributed by atoms with Crippen LogP contribution in [0.3, 0.4) is 0 Å². The fraction of sp³-hybridized carbons (Fsp3) is 0.182. The van der Waals surface area contributed by atoms with Crippen molar-refractivity contribution in [2.24, 2.45) is 0 Å². The normalized spacial score (nSPS) is 10.3. The second-order valence-corrected chi connectivity index (χ2v) is 6.14. The van der Waals surface area contributed by atoms with Crippen LogP contribution in [0.25, 0.3) is 0 Å². The average molecular weight is 379 g/mol. The van der Waals surface area contributed by atoms with Gasteiger partial charge in [-0.25, -0.2) is 0 Å². The number of nitrogens with zero attached hydrogens (tertiary/aromatic N) is 1. The summed E-state index contributed by atoms with van der Waals surface area (Å²) in [7, 11) is 0. The summed E-state index contributed by atoms with van der Waals surface area (Å²) < 4.78 is 12.5. The standard InChI is InChI=1S/C22H22N2O4/c1-2-23-22(25)19-13-20(27-15-17-9-5-3-6-10-17)21(14-24(19)26)28-16-18-11-7-4-8-12-18/h3-14H,2,15-16H2,1H3,(H-,23,25,26)/p+1. The van der Waals surface area contributed by atoms with Crippen LogP contribution in [0.15, 0.2) is 72.9 Å². The van der Waals surface area contributed by atoms with Crippen LogP contribution in [0.1, 0.15) is 28.5 Å². The van der Waals surface area contributed by atoms with E-state index in [2.05, 4.69) is 5.32 Å². The Bertz CT molecular complexity index is 915. The molecule has 0 saturated carbocycles. The maximum absolute atomic E-state index is 12.2. The molecule has 144 valence electrons. The van der Waals surface area contributed by atoms with E-state index in [1.165, 1.54) is 12.3 Å². The third kappa shape index (κ3) is 5.01. The second kappa shape index (κ2) is 9.41. The van der Waals surface area contributed by atoms with E-state index in [0.29, 0.717) is 31.3 Å². The maximum atomic E-state index is 12.2. The van der Waals surface area contributed by atoms with Gasteiger partial charge in [0.25, 0.3) is 6.20 Å². The molecular formula is C22H23N2O4+. The van der Waals surface area contributed by atoms with E-state index < -0.39 is 5.91 Å². The largest absolute Gasteiger partial charge is 0.484 e. The molecule has 1 aromatic heterocycles. The Morgan fingerprint density at radius 1 is 0.929 bits per heavy atom.